The minimum Gasteiger partial charge on any atom is -0.351 e. The normalized spacial score (nSPS) is 15.1. The van der Waals surface area contributed by atoms with Gasteiger partial charge in [0, 0.05) is 36.7 Å². The zero-order chi connectivity index (χ0) is 21.6. The van der Waals surface area contributed by atoms with Crippen LogP contribution >= 0.6 is 23.4 Å². The molecular formula is C21H24ClFN2O3S2. The van der Waals surface area contributed by atoms with Crippen molar-refractivity contribution in [1.29, 1.82) is 0 Å². The number of halogens is 2. The number of piperidine rings is 1. The Hall–Kier alpha value is -1.61. The van der Waals surface area contributed by atoms with Crippen molar-refractivity contribution in [2.75, 3.05) is 25.4 Å². The maximum Gasteiger partial charge on any atom is 0.251 e. The molecule has 0 aromatic heterocycles. The molecule has 1 heterocycles. The van der Waals surface area contributed by atoms with Gasteiger partial charge in [-0.15, -0.1) is 0 Å². The van der Waals surface area contributed by atoms with Gasteiger partial charge >= 0.3 is 0 Å². The van der Waals surface area contributed by atoms with Crippen LogP contribution in [0.1, 0.15) is 35.2 Å². The van der Waals surface area contributed by atoms with Crippen LogP contribution in [0.3, 0.4) is 0 Å². The highest BCUT2D eigenvalue weighted by Gasteiger charge is 2.28. The van der Waals surface area contributed by atoms with Crippen molar-refractivity contribution in [3.8, 4) is 0 Å². The summed E-state index contributed by atoms with van der Waals surface area (Å²) in [4.78, 5) is 12.4. The Morgan fingerprint density at radius 1 is 1.13 bits per heavy atom. The third kappa shape index (κ3) is 5.75. The van der Waals surface area contributed by atoms with Gasteiger partial charge in [0.25, 0.3) is 5.91 Å². The van der Waals surface area contributed by atoms with Gasteiger partial charge in [0.1, 0.15) is 10.7 Å². The number of nitrogens with one attached hydrogen (secondary N) is 1. The summed E-state index contributed by atoms with van der Waals surface area (Å²) >= 11 is 7.66. The van der Waals surface area contributed by atoms with Crippen LogP contribution in [0, 0.1) is 5.82 Å². The van der Waals surface area contributed by atoms with E-state index in [-0.39, 0.29) is 27.2 Å². The molecule has 162 valence electrons. The lowest BCUT2D eigenvalue weighted by molar-refractivity contribution is 0.0956. The zero-order valence-corrected chi connectivity index (χ0v) is 18.8. The standard InChI is InChI=1S/C21H24ClFN2O3S2/c22-18-9-8-16(14-20(18)30(27,28)25-11-4-1-5-12-25)21(26)24-10-13-29-15-17-6-2-3-7-19(17)23/h2-3,6-9,14H,1,4-5,10-13,15H2,(H,24,26). The molecule has 0 bridgehead atoms. The lowest BCUT2D eigenvalue weighted by Crippen LogP contribution is -2.36. The lowest BCUT2D eigenvalue weighted by Gasteiger charge is -2.26. The Balaban J connectivity index is 1.57. The smallest absolute Gasteiger partial charge is 0.251 e. The minimum atomic E-state index is -3.73. The molecule has 1 aliphatic rings. The zero-order valence-electron chi connectivity index (χ0n) is 16.4. The molecule has 2 aromatic carbocycles. The second-order valence-electron chi connectivity index (χ2n) is 7.01. The van der Waals surface area contributed by atoms with Gasteiger partial charge in [0.15, 0.2) is 0 Å². The Bertz CT molecular complexity index is 995. The quantitative estimate of drug-likeness (QED) is 0.583. The Labute approximate surface area is 186 Å². The first-order chi connectivity index (χ1) is 14.4. The van der Waals surface area contributed by atoms with Gasteiger partial charge in [-0.2, -0.15) is 16.1 Å². The van der Waals surface area contributed by atoms with E-state index in [1.54, 1.807) is 18.2 Å². The second kappa shape index (κ2) is 10.6. The monoisotopic (exact) mass is 470 g/mol. The summed E-state index contributed by atoms with van der Waals surface area (Å²) in [5.41, 5.74) is 0.869. The summed E-state index contributed by atoms with van der Waals surface area (Å²) in [6.45, 7) is 1.32. The van der Waals surface area contributed by atoms with E-state index in [1.165, 1.54) is 40.3 Å². The number of rotatable bonds is 8. The number of thioether (sulfide) groups is 1. The molecular weight excluding hydrogens is 447 g/mol. The molecule has 0 radical (unpaired) electrons. The summed E-state index contributed by atoms with van der Waals surface area (Å²) in [6.07, 6.45) is 2.65. The first kappa shape index (κ1) is 23.1. The van der Waals surface area contributed by atoms with E-state index >= 15 is 0 Å². The van der Waals surface area contributed by atoms with E-state index in [1.807, 2.05) is 0 Å². The molecule has 0 unspecified atom stereocenters. The van der Waals surface area contributed by atoms with Gasteiger partial charge < -0.3 is 5.32 Å². The van der Waals surface area contributed by atoms with Crippen molar-refractivity contribution in [3.05, 3.63) is 64.4 Å². The van der Waals surface area contributed by atoms with Gasteiger partial charge in [0.05, 0.1) is 5.02 Å². The van der Waals surface area contributed by atoms with Crippen molar-refractivity contribution >= 4 is 39.3 Å². The van der Waals surface area contributed by atoms with Crippen LogP contribution in [0.2, 0.25) is 5.02 Å². The van der Waals surface area contributed by atoms with Gasteiger partial charge in [-0.3, -0.25) is 4.79 Å². The highest BCUT2D eigenvalue weighted by atomic mass is 35.5. The molecule has 0 aliphatic carbocycles. The molecule has 9 heteroatoms. The molecule has 1 fully saturated rings. The third-order valence-corrected chi connectivity index (χ3v) is 8.26. The average molecular weight is 471 g/mol. The van der Waals surface area contributed by atoms with E-state index in [2.05, 4.69) is 5.32 Å². The fourth-order valence-corrected chi connectivity index (χ4v) is 6.09. The molecule has 0 spiro atoms. The van der Waals surface area contributed by atoms with Crippen molar-refractivity contribution in [2.45, 2.75) is 29.9 Å². The highest BCUT2D eigenvalue weighted by molar-refractivity contribution is 7.98. The molecule has 1 aliphatic heterocycles. The third-order valence-electron chi connectivity index (χ3n) is 4.87. The fraction of sp³-hybridized carbons (Fsp3) is 0.381. The largest absolute Gasteiger partial charge is 0.351 e. The van der Waals surface area contributed by atoms with Crippen LogP contribution < -0.4 is 5.32 Å². The van der Waals surface area contributed by atoms with E-state index in [4.69, 9.17) is 11.6 Å². The van der Waals surface area contributed by atoms with E-state index in [0.717, 1.165) is 19.3 Å². The lowest BCUT2D eigenvalue weighted by atomic mass is 10.2. The molecule has 1 N–H and O–H groups in total. The number of amides is 1. The number of benzene rings is 2. The second-order valence-corrected chi connectivity index (χ2v) is 10.4. The average Bonchev–Trinajstić information content (AvgIpc) is 2.75. The number of carbonyl (C=O) groups is 1. The molecule has 1 saturated heterocycles. The molecule has 0 saturated carbocycles. The summed E-state index contributed by atoms with van der Waals surface area (Å²) in [6, 6.07) is 10.9. The van der Waals surface area contributed by atoms with Crippen LogP contribution in [-0.4, -0.2) is 44.0 Å². The van der Waals surface area contributed by atoms with Gasteiger partial charge in [-0.1, -0.05) is 36.2 Å². The van der Waals surface area contributed by atoms with Crippen LogP contribution in [0.5, 0.6) is 0 Å². The van der Waals surface area contributed by atoms with Gasteiger partial charge in [-0.25, -0.2) is 12.8 Å². The molecule has 2 aromatic rings. The summed E-state index contributed by atoms with van der Waals surface area (Å²) in [5.74, 6) is 0.514. The van der Waals surface area contributed by atoms with Gasteiger partial charge in [0.2, 0.25) is 10.0 Å². The maximum atomic E-state index is 13.6. The Morgan fingerprint density at radius 2 is 1.87 bits per heavy atom. The van der Waals surface area contributed by atoms with Crippen molar-refractivity contribution < 1.29 is 17.6 Å². The Morgan fingerprint density at radius 3 is 2.60 bits per heavy atom. The molecule has 1 amide bonds. The number of carbonyl (C=O) groups excluding carboxylic acids is 1. The molecule has 5 nitrogen and oxygen atoms in total. The number of hydrogen-bond acceptors (Lipinski definition) is 4. The number of hydrogen-bond donors (Lipinski definition) is 1. The highest BCUT2D eigenvalue weighted by Crippen LogP contribution is 2.28. The van der Waals surface area contributed by atoms with E-state index in [0.29, 0.717) is 36.7 Å². The predicted octanol–water partition coefficient (Wildman–Crippen LogP) is 4.32. The first-order valence-corrected chi connectivity index (χ1v) is 12.8. The van der Waals surface area contributed by atoms with Gasteiger partial charge in [-0.05, 0) is 42.7 Å². The number of sulfonamides is 1. The molecule has 3 rings (SSSR count). The van der Waals surface area contributed by atoms with E-state index < -0.39 is 10.0 Å². The van der Waals surface area contributed by atoms with Crippen LogP contribution in [0.15, 0.2) is 47.4 Å². The molecule has 0 atom stereocenters. The minimum absolute atomic E-state index is 0.0346. The van der Waals surface area contributed by atoms with Crippen molar-refractivity contribution in [3.63, 3.8) is 0 Å². The first-order valence-electron chi connectivity index (χ1n) is 9.78. The fourth-order valence-electron chi connectivity index (χ4n) is 3.22. The van der Waals surface area contributed by atoms with Crippen molar-refractivity contribution in [2.24, 2.45) is 0 Å². The van der Waals surface area contributed by atoms with Crippen LogP contribution in [-0.2, 0) is 15.8 Å². The number of nitrogens with zero attached hydrogens (tertiary/aromatic N) is 1. The summed E-state index contributed by atoms with van der Waals surface area (Å²) < 4.78 is 40.9. The SMILES string of the molecule is O=C(NCCSCc1ccccc1F)c1ccc(Cl)c(S(=O)(=O)N2CCCCC2)c1. The summed E-state index contributed by atoms with van der Waals surface area (Å²) in [7, 11) is -3.73. The summed E-state index contributed by atoms with van der Waals surface area (Å²) in [5, 5.41) is 2.88. The topological polar surface area (TPSA) is 66.5 Å². The maximum absolute atomic E-state index is 13.6. The molecule has 30 heavy (non-hydrogen) atoms. The van der Waals surface area contributed by atoms with Crippen molar-refractivity contribution in [1.82, 2.24) is 9.62 Å². The van der Waals surface area contributed by atoms with Crippen LogP contribution in [0.25, 0.3) is 0 Å². The predicted molar refractivity (Wildman–Crippen MR) is 119 cm³/mol. The van der Waals surface area contributed by atoms with E-state index in [9.17, 15) is 17.6 Å². The van der Waals surface area contributed by atoms with Crippen LogP contribution in [0.4, 0.5) is 4.39 Å². The Kier molecular flexibility index (Phi) is 8.16.